The first-order valence-corrected chi connectivity index (χ1v) is 9.81. The summed E-state index contributed by atoms with van der Waals surface area (Å²) in [4.78, 5) is 29.7. The van der Waals surface area contributed by atoms with E-state index in [0.717, 1.165) is 12.8 Å². The summed E-state index contributed by atoms with van der Waals surface area (Å²) in [5, 5.41) is 12.8. The minimum atomic E-state index is -0.636. The lowest BCUT2D eigenvalue weighted by Gasteiger charge is -2.33. The Hall–Kier alpha value is -2.61. The zero-order chi connectivity index (χ0) is 20.8. The molecular formula is C20H20Cl2N4O3. The Balaban J connectivity index is 1.55. The molecule has 1 aromatic heterocycles. The lowest BCUT2D eigenvalue weighted by atomic mass is 10.0. The molecular weight excluding hydrogens is 415 g/mol. The van der Waals surface area contributed by atoms with Gasteiger partial charge in [0.15, 0.2) is 0 Å². The minimum absolute atomic E-state index is 0.000620. The minimum Gasteiger partial charge on any atom is -0.366 e. The second-order valence-corrected chi connectivity index (χ2v) is 7.47. The average molecular weight is 435 g/mol. The molecule has 3 N–H and O–H groups in total. The Labute approximate surface area is 178 Å². The van der Waals surface area contributed by atoms with Crippen molar-refractivity contribution in [3.8, 4) is 0 Å². The van der Waals surface area contributed by atoms with Crippen molar-refractivity contribution in [1.82, 2.24) is 15.4 Å². The molecule has 0 unspecified atom stereocenters. The van der Waals surface area contributed by atoms with Gasteiger partial charge in [0.05, 0.1) is 5.02 Å². The highest BCUT2D eigenvalue weighted by Gasteiger charge is 2.24. The van der Waals surface area contributed by atoms with E-state index < -0.39 is 5.91 Å². The molecule has 1 aliphatic heterocycles. The first kappa shape index (κ1) is 21.1. The standard InChI is InChI=1S/C20H20Cl2N4O3/c21-15-4-2-14(3-5-15)20(28)26-9-7-16(8-10-26)24-19-17(22)11-13(12-23-19)1-6-18(27)25-29/h1-6,11-12,16,29H,7-10H2,(H,23,24)(H,25,27). The largest absolute Gasteiger partial charge is 0.366 e. The van der Waals surface area contributed by atoms with Crippen molar-refractivity contribution in [1.29, 1.82) is 0 Å². The van der Waals surface area contributed by atoms with Crippen LogP contribution in [0.3, 0.4) is 0 Å². The Morgan fingerprint density at radius 1 is 1.17 bits per heavy atom. The fourth-order valence-electron chi connectivity index (χ4n) is 3.05. The monoisotopic (exact) mass is 434 g/mol. The van der Waals surface area contributed by atoms with E-state index in [1.165, 1.54) is 17.6 Å². The summed E-state index contributed by atoms with van der Waals surface area (Å²) >= 11 is 12.2. The van der Waals surface area contributed by atoms with Gasteiger partial charge in [-0.2, -0.15) is 0 Å². The molecule has 29 heavy (non-hydrogen) atoms. The molecule has 1 fully saturated rings. The Morgan fingerprint density at radius 3 is 2.48 bits per heavy atom. The summed E-state index contributed by atoms with van der Waals surface area (Å²) in [5.41, 5.74) is 2.78. The highest BCUT2D eigenvalue weighted by molar-refractivity contribution is 6.33. The molecule has 3 rings (SSSR count). The quantitative estimate of drug-likeness (QED) is 0.379. The van der Waals surface area contributed by atoms with Gasteiger partial charge in [0, 0.05) is 42.0 Å². The molecule has 2 aromatic rings. The third-order valence-corrected chi connectivity index (χ3v) is 5.15. The van der Waals surface area contributed by atoms with Gasteiger partial charge in [0.2, 0.25) is 0 Å². The maximum Gasteiger partial charge on any atom is 0.267 e. The van der Waals surface area contributed by atoms with E-state index in [0.29, 0.717) is 40.1 Å². The SMILES string of the molecule is O=C(C=Cc1cnc(NC2CCN(C(=O)c3ccc(Cl)cc3)CC2)c(Cl)c1)NO. The number of nitrogens with zero attached hydrogens (tertiary/aromatic N) is 2. The summed E-state index contributed by atoms with van der Waals surface area (Å²) < 4.78 is 0. The van der Waals surface area contributed by atoms with E-state index in [2.05, 4.69) is 10.3 Å². The predicted molar refractivity (Wildman–Crippen MR) is 112 cm³/mol. The second-order valence-electron chi connectivity index (χ2n) is 6.63. The summed E-state index contributed by atoms with van der Waals surface area (Å²) in [6.45, 7) is 1.27. The van der Waals surface area contributed by atoms with Gasteiger partial charge >= 0.3 is 0 Å². The van der Waals surface area contributed by atoms with Crippen LogP contribution >= 0.6 is 23.2 Å². The van der Waals surface area contributed by atoms with Gasteiger partial charge in [-0.1, -0.05) is 23.2 Å². The molecule has 0 spiro atoms. The molecule has 0 saturated carbocycles. The number of rotatable bonds is 5. The van der Waals surface area contributed by atoms with Gasteiger partial charge in [0.25, 0.3) is 11.8 Å². The van der Waals surface area contributed by atoms with Gasteiger partial charge in [-0.25, -0.2) is 10.5 Å². The number of hydroxylamine groups is 1. The van der Waals surface area contributed by atoms with E-state index in [1.54, 1.807) is 36.5 Å². The van der Waals surface area contributed by atoms with Crippen LogP contribution in [0.2, 0.25) is 10.0 Å². The molecule has 1 aromatic carbocycles. The van der Waals surface area contributed by atoms with Crippen LogP contribution in [0.4, 0.5) is 5.82 Å². The van der Waals surface area contributed by atoms with Crippen LogP contribution in [-0.2, 0) is 4.79 Å². The summed E-state index contributed by atoms with van der Waals surface area (Å²) in [5.74, 6) is -0.0829. The normalized spacial score (nSPS) is 14.8. The number of nitrogens with one attached hydrogen (secondary N) is 2. The van der Waals surface area contributed by atoms with Crippen molar-refractivity contribution in [2.75, 3.05) is 18.4 Å². The first-order chi connectivity index (χ1) is 14.0. The van der Waals surface area contributed by atoms with Crippen molar-refractivity contribution in [2.45, 2.75) is 18.9 Å². The lowest BCUT2D eigenvalue weighted by Crippen LogP contribution is -2.42. The molecule has 1 saturated heterocycles. The fourth-order valence-corrected chi connectivity index (χ4v) is 3.41. The Bertz CT molecular complexity index is 910. The van der Waals surface area contributed by atoms with Crippen molar-refractivity contribution in [3.63, 3.8) is 0 Å². The third-order valence-electron chi connectivity index (χ3n) is 4.61. The van der Waals surface area contributed by atoms with Crippen molar-refractivity contribution < 1.29 is 14.8 Å². The van der Waals surface area contributed by atoms with Crippen LogP contribution < -0.4 is 10.8 Å². The highest BCUT2D eigenvalue weighted by Crippen LogP contribution is 2.24. The van der Waals surface area contributed by atoms with Crippen LogP contribution in [-0.4, -0.2) is 46.0 Å². The molecule has 152 valence electrons. The van der Waals surface area contributed by atoms with E-state index >= 15 is 0 Å². The number of benzene rings is 1. The summed E-state index contributed by atoms with van der Waals surface area (Å²) in [7, 11) is 0. The van der Waals surface area contributed by atoms with Crippen molar-refractivity contribution in [3.05, 3.63) is 63.8 Å². The molecule has 2 amide bonds. The Kier molecular flexibility index (Phi) is 7.09. The molecule has 0 bridgehead atoms. The number of halogens is 2. The van der Waals surface area contributed by atoms with Crippen molar-refractivity contribution >= 4 is 46.9 Å². The molecule has 0 aliphatic carbocycles. The number of carbonyl (C=O) groups excluding carboxylic acids is 2. The number of likely N-dealkylation sites (tertiary alicyclic amines) is 1. The zero-order valence-electron chi connectivity index (χ0n) is 15.4. The number of hydrogen-bond acceptors (Lipinski definition) is 5. The number of piperidine rings is 1. The smallest absolute Gasteiger partial charge is 0.267 e. The van der Waals surface area contributed by atoms with Gasteiger partial charge < -0.3 is 10.2 Å². The predicted octanol–water partition coefficient (Wildman–Crippen LogP) is 3.62. The molecule has 2 heterocycles. The number of anilines is 1. The fraction of sp³-hybridized carbons (Fsp3) is 0.250. The molecule has 7 nitrogen and oxygen atoms in total. The zero-order valence-corrected chi connectivity index (χ0v) is 17.0. The topological polar surface area (TPSA) is 94.6 Å². The van der Waals surface area contributed by atoms with E-state index in [-0.39, 0.29) is 11.9 Å². The summed E-state index contributed by atoms with van der Waals surface area (Å²) in [6.07, 6.45) is 5.79. The van der Waals surface area contributed by atoms with Crippen LogP contribution in [0.1, 0.15) is 28.8 Å². The van der Waals surface area contributed by atoms with Gasteiger partial charge in [-0.3, -0.25) is 14.8 Å². The van der Waals surface area contributed by atoms with Crippen LogP contribution in [0, 0.1) is 0 Å². The van der Waals surface area contributed by atoms with Gasteiger partial charge in [0.1, 0.15) is 5.82 Å². The lowest BCUT2D eigenvalue weighted by molar-refractivity contribution is -0.124. The van der Waals surface area contributed by atoms with Crippen LogP contribution in [0.25, 0.3) is 6.08 Å². The van der Waals surface area contributed by atoms with Gasteiger partial charge in [-0.05, 0) is 54.8 Å². The molecule has 0 atom stereocenters. The molecule has 0 radical (unpaired) electrons. The van der Waals surface area contributed by atoms with Crippen molar-refractivity contribution in [2.24, 2.45) is 0 Å². The number of aromatic nitrogens is 1. The second kappa shape index (κ2) is 9.73. The van der Waals surface area contributed by atoms with E-state index in [9.17, 15) is 9.59 Å². The van der Waals surface area contributed by atoms with Gasteiger partial charge in [-0.15, -0.1) is 0 Å². The number of amides is 2. The third kappa shape index (κ3) is 5.69. The molecule has 9 heteroatoms. The van der Waals surface area contributed by atoms with E-state index in [4.69, 9.17) is 28.4 Å². The maximum absolute atomic E-state index is 12.6. The number of hydrogen-bond donors (Lipinski definition) is 3. The summed E-state index contributed by atoms with van der Waals surface area (Å²) in [6, 6.07) is 8.72. The number of pyridine rings is 1. The molecule has 1 aliphatic rings. The van der Waals surface area contributed by atoms with Crippen LogP contribution in [0.5, 0.6) is 0 Å². The Morgan fingerprint density at radius 2 is 1.86 bits per heavy atom. The van der Waals surface area contributed by atoms with E-state index in [1.807, 2.05) is 4.90 Å². The average Bonchev–Trinajstić information content (AvgIpc) is 2.74. The maximum atomic E-state index is 12.6. The first-order valence-electron chi connectivity index (χ1n) is 9.05. The van der Waals surface area contributed by atoms with Crippen LogP contribution in [0.15, 0.2) is 42.6 Å². The number of carbonyl (C=O) groups is 2. The highest BCUT2D eigenvalue weighted by atomic mass is 35.5.